The SMILES string of the molecule is Cc1ccccc1C(=O)COP(=O)(O)O. The van der Waals surface area contributed by atoms with Crippen molar-refractivity contribution in [2.24, 2.45) is 0 Å². The second kappa shape index (κ2) is 4.68. The van der Waals surface area contributed by atoms with Gasteiger partial charge in [0.15, 0.2) is 5.78 Å². The summed E-state index contributed by atoms with van der Waals surface area (Å²) in [6, 6.07) is 6.78. The van der Waals surface area contributed by atoms with Crippen molar-refractivity contribution in [2.45, 2.75) is 6.92 Å². The van der Waals surface area contributed by atoms with Crippen molar-refractivity contribution < 1.29 is 23.7 Å². The highest BCUT2D eigenvalue weighted by atomic mass is 31.2. The number of hydrogen-bond acceptors (Lipinski definition) is 3. The Balaban J connectivity index is 2.71. The van der Waals surface area contributed by atoms with Gasteiger partial charge in [0.2, 0.25) is 0 Å². The number of carbonyl (C=O) groups is 1. The zero-order chi connectivity index (χ0) is 11.5. The first-order valence-electron chi connectivity index (χ1n) is 4.19. The number of benzene rings is 1. The van der Waals surface area contributed by atoms with Gasteiger partial charge in [0.05, 0.1) is 0 Å². The van der Waals surface area contributed by atoms with Crippen molar-refractivity contribution in [3.05, 3.63) is 35.4 Å². The van der Waals surface area contributed by atoms with Crippen molar-refractivity contribution >= 4 is 13.6 Å². The van der Waals surface area contributed by atoms with Gasteiger partial charge in [-0.15, -0.1) is 0 Å². The van der Waals surface area contributed by atoms with Gasteiger partial charge in [0, 0.05) is 5.56 Å². The zero-order valence-electron chi connectivity index (χ0n) is 8.08. The molecule has 15 heavy (non-hydrogen) atoms. The van der Waals surface area contributed by atoms with Crippen LogP contribution >= 0.6 is 7.82 Å². The Labute approximate surface area is 86.9 Å². The third kappa shape index (κ3) is 3.93. The molecule has 0 atom stereocenters. The average Bonchev–Trinajstić information content (AvgIpc) is 2.14. The molecule has 2 N–H and O–H groups in total. The summed E-state index contributed by atoms with van der Waals surface area (Å²) in [6.07, 6.45) is 0. The summed E-state index contributed by atoms with van der Waals surface area (Å²) in [6.45, 7) is 1.12. The fraction of sp³-hybridized carbons (Fsp3) is 0.222. The van der Waals surface area contributed by atoms with Gasteiger partial charge >= 0.3 is 7.82 Å². The Bertz CT molecular complexity index is 409. The number of phosphoric acid groups is 1. The summed E-state index contributed by atoms with van der Waals surface area (Å²) in [5, 5.41) is 0. The van der Waals surface area contributed by atoms with Crippen molar-refractivity contribution in [1.82, 2.24) is 0 Å². The molecule has 0 unspecified atom stereocenters. The van der Waals surface area contributed by atoms with E-state index in [0.29, 0.717) is 5.56 Å². The molecule has 0 radical (unpaired) electrons. The molecule has 0 bridgehead atoms. The molecule has 1 rings (SSSR count). The van der Waals surface area contributed by atoms with Crippen molar-refractivity contribution in [1.29, 1.82) is 0 Å². The number of ketones is 1. The normalized spacial score (nSPS) is 11.4. The third-order valence-corrected chi connectivity index (χ3v) is 2.27. The van der Waals surface area contributed by atoms with Crippen molar-refractivity contribution in [2.75, 3.05) is 6.61 Å². The molecule has 0 aliphatic carbocycles. The summed E-state index contributed by atoms with van der Waals surface area (Å²) in [7, 11) is -4.58. The molecule has 0 aliphatic heterocycles. The second-order valence-corrected chi connectivity index (χ2v) is 4.24. The van der Waals surface area contributed by atoms with Crippen LogP contribution in [-0.2, 0) is 9.09 Å². The van der Waals surface area contributed by atoms with Crippen LogP contribution in [0.25, 0.3) is 0 Å². The number of Topliss-reactive ketones (excluding diaryl/α,β-unsaturated/α-hetero) is 1. The highest BCUT2D eigenvalue weighted by molar-refractivity contribution is 7.46. The van der Waals surface area contributed by atoms with E-state index in [2.05, 4.69) is 4.52 Å². The smallest absolute Gasteiger partial charge is 0.303 e. The number of aryl methyl sites for hydroxylation is 1. The van der Waals surface area contributed by atoms with E-state index in [1.54, 1.807) is 31.2 Å². The summed E-state index contributed by atoms with van der Waals surface area (Å²) >= 11 is 0. The minimum atomic E-state index is -4.58. The van der Waals surface area contributed by atoms with Crippen LogP contribution in [0.4, 0.5) is 0 Å². The zero-order valence-corrected chi connectivity index (χ0v) is 8.98. The highest BCUT2D eigenvalue weighted by Gasteiger charge is 2.17. The topological polar surface area (TPSA) is 83.8 Å². The van der Waals surface area contributed by atoms with Crippen LogP contribution in [0.1, 0.15) is 15.9 Å². The predicted octanol–water partition coefficient (Wildman–Crippen LogP) is 1.29. The fourth-order valence-corrected chi connectivity index (χ4v) is 1.39. The van der Waals surface area contributed by atoms with Crippen LogP contribution < -0.4 is 0 Å². The lowest BCUT2D eigenvalue weighted by Crippen LogP contribution is -2.09. The quantitative estimate of drug-likeness (QED) is 0.601. The molecule has 82 valence electrons. The van der Waals surface area contributed by atoms with Gasteiger partial charge in [-0.05, 0) is 12.5 Å². The molecule has 0 fully saturated rings. The Kier molecular flexibility index (Phi) is 3.77. The van der Waals surface area contributed by atoms with E-state index in [0.717, 1.165) is 5.56 Å². The Morgan fingerprint density at radius 3 is 2.53 bits per heavy atom. The molecule has 0 aliphatic rings. The first kappa shape index (κ1) is 12.1. The van der Waals surface area contributed by atoms with Crippen LogP contribution in [0.3, 0.4) is 0 Å². The largest absolute Gasteiger partial charge is 0.470 e. The van der Waals surface area contributed by atoms with Crippen molar-refractivity contribution in [3.63, 3.8) is 0 Å². The molecule has 0 heterocycles. The van der Waals surface area contributed by atoms with E-state index in [4.69, 9.17) is 9.79 Å². The summed E-state index contributed by atoms with van der Waals surface area (Å²) in [5.41, 5.74) is 1.16. The van der Waals surface area contributed by atoms with Gasteiger partial charge in [0.1, 0.15) is 6.61 Å². The minimum absolute atomic E-state index is 0.408. The predicted molar refractivity (Wildman–Crippen MR) is 53.5 cm³/mol. The van der Waals surface area contributed by atoms with E-state index in [1.807, 2.05) is 0 Å². The summed E-state index contributed by atoms with van der Waals surface area (Å²) in [5.74, 6) is -0.448. The molecular formula is C9H11O5P. The van der Waals surface area contributed by atoms with E-state index in [1.165, 1.54) is 0 Å². The van der Waals surface area contributed by atoms with E-state index in [9.17, 15) is 9.36 Å². The average molecular weight is 230 g/mol. The van der Waals surface area contributed by atoms with Crippen LogP contribution in [0, 0.1) is 6.92 Å². The van der Waals surface area contributed by atoms with Crippen LogP contribution in [0.15, 0.2) is 24.3 Å². The Morgan fingerprint density at radius 2 is 2.00 bits per heavy atom. The number of hydrogen-bond donors (Lipinski definition) is 2. The van der Waals surface area contributed by atoms with Gasteiger partial charge < -0.3 is 9.79 Å². The van der Waals surface area contributed by atoms with Crippen molar-refractivity contribution in [3.8, 4) is 0 Å². The molecule has 1 aromatic carbocycles. The molecule has 0 spiro atoms. The second-order valence-electron chi connectivity index (χ2n) is 3.00. The number of phosphoric ester groups is 1. The maximum atomic E-state index is 11.4. The molecule has 0 aromatic heterocycles. The van der Waals surface area contributed by atoms with Crippen LogP contribution in [0.2, 0.25) is 0 Å². The summed E-state index contributed by atoms with van der Waals surface area (Å²) in [4.78, 5) is 28.3. The standard InChI is InChI=1S/C9H11O5P/c1-7-4-2-3-5-8(7)9(10)6-14-15(11,12)13/h2-5H,6H2,1H3,(H2,11,12,13). The van der Waals surface area contributed by atoms with Gasteiger partial charge in [-0.2, -0.15) is 0 Å². The monoisotopic (exact) mass is 230 g/mol. The molecule has 6 heteroatoms. The molecule has 1 aromatic rings. The van der Waals surface area contributed by atoms with E-state index < -0.39 is 20.2 Å². The Morgan fingerprint density at radius 1 is 1.40 bits per heavy atom. The lowest BCUT2D eigenvalue weighted by molar-refractivity contribution is 0.0883. The third-order valence-electron chi connectivity index (χ3n) is 1.81. The minimum Gasteiger partial charge on any atom is -0.303 e. The molecule has 0 saturated carbocycles. The van der Waals surface area contributed by atoms with E-state index in [-0.39, 0.29) is 0 Å². The number of rotatable bonds is 4. The fourth-order valence-electron chi connectivity index (χ4n) is 1.11. The summed E-state index contributed by atoms with van der Waals surface area (Å²) < 4.78 is 14.5. The van der Waals surface area contributed by atoms with Crippen LogP contribution in [0.5, 0.6) is 0 Å². The van der Waals surface area contributed by atoms with Crippen LogP contribution in [-0.4, -0.2) is 22.2 Å². The maximum Gasteiger partial charge on any atom is 0.470 e. The molecule has 0 saturated heterocycles. The van der Waals surface area contributed by atoms with Gasteiger partial charge in [-0.25, -0.2) is 4.57 Å². The lowest BCUT2D eigenvalue weighted by atomic mass is 10.1. The number of carbonyl (C=O) groups excluding carboxylic acids is 1. The Hall–Kier alpha value is -1.00. The first-order valence-corrected chi connectivity index (χ1v) is 5.72. The lowest BCUT2D eigenvalue weighted by Gasteiger charge is -2.06. The van der Waals surface area contributed by atoms with Gasteiger partial charge in [0.25, 0.3) is 0 Å². The molecule has 5 nitrogen and oxygen atoms in total. The highest BCUT2D eigenvalue weighted by Crippen LogP contribution is 2.35. The molecule has 0 amide bonds. The first-order chi connectivity index (χ1) is 6.90. The molecular weight excluding hydrogens is 219 g/mol. The maximum absolute atomic E-state index is 11.4. The van der Waals surface area contributed by atoms with E-state index >= 15 is 0 Å². The van der Waals surface area contributed by atoms with Gasteiger partial charge in [-0.3, -0.25) is 9.32 Å². The van der Waals surface area contributed by atoms with Gasteiger partial charge in [-0.1, -0.05) is 24.3 Å².